The van der Waals surface area contributed by atoms with Gasteiger partial charge in [0.05, 0.1) is 4.90 Å². The van der Waals surface area contributed by atoms with E-state index in [1.165, 1.54) is 16.4 Å². The number of nitrogens with one attached hydrogen (secondary N) is 1. The molecule has 1 aromatic rings. The number of carbonyl (C=O) groups excluding carboxylic acids is 2. The minimum atomic E-state index is -3.53. The van der Waals surface area contributed by atoms with Crippen molar-refractivity contribution in [3.8, 4) is 0 Å². The smallest absolute Gasteiger partial charge is 0.410 e. The van der Waals surface area contributed by atoms with E-state index in [9.17, 15) is 18.0 Å². The molecule has 0 spiro atoms. The van der Waals surface area contributed by atoms with E-state index in [0.29, 0.717) is 50.5 Å². The van der Waals surface area contributed by atoms with Crippen LogP contribution >= 0.6 is 0 Å². The molecule has 1 N–H and O–H groups in total. The molecule has 2 aliphatic heterocycles. The van der Waals surface area contributed by atoms with Crippen LogP contribution in [-0.4, -0.2) is 67.4 Å². The number of amides is 2. The molecule has 32 heavy (non-hydrogen) atoms. The number of rotatable bonds is 4. The third kappa shape index (κ3) is 6.22. The monoisotopic (exact) mass is 465 g/mol. The number of likely N-dealkylation sites (tertiary alicyclic amines) is 1. The maximum Gasteiger partial charge on any atom is 0.410 e. The van der Waals surface area contributed by atoms with Crippen molar-refractivity contribution >= 4 is 22.0 Å². The molecule has 0 unspecified atom stereocenters. The molecular weight excluding hydrogens is 430 g/mol. The van der Waals surface area contributed by atoms with Crippen molar-refractivity contribution in [2.45, 2.75) is 69.9 Å². The Morgan fingerprint density at radius 2 is 1.53 bits per heavy atom. The zero-order valence-corrected chi connectivity index (χ0v) is 20.3. The maximum absolute atomic E-state index is 12.8. The van der Waals surface area contributed by atoms with Gasteiger partial charge in [-0.3, -0.25) is 4.79 Å². The first-order valence-electron chi connectivity index (χ1n) is 11.3. The topological polar surface area (TPSA) is 96.0 Å². The van der Waals surface area contributed by atoms with Crippen molar-refractivity contribution in [2.24, 2.45) is 5.92 Å². The van der Waals surface area contributed by atoms with Crippen LogP contribution in [0.5, 0.6) is 0 Å². The Bertz CT molecular complexity index is 908. The second-order valence-corrected chi connectivity index (χ2v) is 11.8. The third-order valence-electron chi connectivity index (χ3n) is 5.98. The molecule has 0 bridgehead atoms. The number of hydrogen-bond acceptors (Lipinski definition) is 5. The van der Waals surface area contributed by atoms with Gasteiger partial charge in [-0.15, -0.1) is 0 Å². The van der Waals surface area contributed by atoms with Crippen LogP contribution in [0.2, 0.25) is 0 Å². The summed E-state index contributed by atoms with van der Waals surface area (Å²) in [5, 5.41) is 2.99. The fourth-order valence-electron chi connectivity index (χ4n) is 3.95. The minimum Gasteiger partial charge on any atom is -0.444 e. The number of nitrogens with zero attached hydrogens (tertiary/aromatic N) is 2. The third-order valence-corrected chi connectivity index (χ3v) is 7.89. The van der Waals surface area contributed by atoms with Gasteiger partial charge in [0.15, 0.2) is 0 Å². The second-order valence-electron chi connectivity index (χ2n) is 9.83. The van der Waals surface area contributed by atoms with Crippen molar-refractivity contribution in [1.29, 1.82) is 0 Å². The largest absolute Gasteiger partial charge is 0.444 e. The van der Waals surface area contributed by atoms with Crippen LogP contribution in [0, 0.1) is 5.92 Å². The van der Waals surface area contributed by atoms with Gasteiger partial charge in [0.25, 0.3) is 5.91 Å². The Morgan fingerprint density at radius 3 is 2.06 bits per heavy atom. The van der Waals surface area contributed by atoms with Gasteiger partial charge in [0, 0.05) is 37.8 Å². The number of hydrogen-bond donors (Lipinski definition) is 1. The summed E-state index contributed by atoms with van der Waals surface area (Å²) < 4.78 is 32.6. The van der Waals surface area contributed by atoms with Crippen LogP contribution < -0.4 is 5.32 Å². The van der Waals surface area contributed by atoms with Crippen molar-refractivity contribution in [3.05, 3.63) is 29.8 Å². The highest BCUT2D eigenvalue weighted by atomic mass is 32.2. The molecule has 0 aromatic heterocycles. The van der Waals surface area contributed by atoms with Crippen LogP contribution in [-0.2, 0) is 14.8 Å². The summed E-state index contributed by atoms with van der Waals surface area (Å²) >= 11 is 0. The van der Waals surface area contributed by atoms with E-state index in [0.717, 1.165) is 12.8 Å². The van der Waals surface area contributed by atoms with Gasteiger partial charge in [0.2, 0.25) is 10.0 Å². The highest BCUT2D eigenvalue weighted by Crippen LogP contribution is 2.24. The average Bonchev–Trinajstić information content (AvgIpc) is 2.73. The fourth-order valence-corrected chi connectivity index (χ4v) is 5.42. The predicted molar refractivity (Wildman–Crippen MR) is 122 cm³/mol. The fraction of sp³-hybridized carbons (Fsp3) is 0.652. The molecule has 2 aliphatic rings. The van der Waals surface area contributed by atoms with Crippen LogP contribution in [0.4, 0.5) is 4.79 Å². The first kappa shape index (κ1) is 24.5. The average molecular weight is 466 g/mol. The molecule has 2 fully saturated rings. The Morgan fingerprint density at radius 1 is 0.969 bits per heavy atom. The van der Waals surface area contributed by atoms with Crippen molar-refractivity contribution in [3.63, 3.8) is 0 Å². The lowest BCUT2D eigenvalue weighted by Crippen LogP contribution is -2.47. The first-order valence-corrected chi connectivity index (χ1v) is 12.8. The van der Waals surface area contributed by atoms with Gasteiger partial charge in [-0.1, -0.05) is 6.92 Å². The molecule has 0 atom stereocenters. The van der Waals surface area contributed by atoms with Crippen LogP contribution in [0.1, 0.15) is 63.7 Å². The van der Waals surface area contributed by atoms with Gasteiger partial charge in [-0.05, 0) is 76.6 Å². The molecule has 2 heterocycles. The van der Waals surface area contributed by atoms with Gasteiger partial charge < -0.3 is 15.0 Å². The number of benzene rings is 1. The van der Waals surface area contributed by atoms with Crippen LogP contribution in [0.15, 0.2) is 29.2 Å². The van der Waals surface area contributed by atoms with Crippen LogP contribution in [0.3, 0.4) is 0 Å². The molecule has 2 amide bonds. The summed E-state index contributed by atoms with van der Waals surface area (Å²) in [5.74, 6) is 0.306. The number of ether oxygens (including phenoxy) is 1. The van der Waals surface area contributed by atoms with Crippen LogP contribution in [0.25, 0.3) is 0 Å². The molecule has 8 nitrogen and oxygen atoms in total. The highest BCUT2D eigenvalue weighted by Gasteiger charge is 2.29. The summed E-state index contributed by atoms with van der Waals surface area (Å²) in [4.78, 5) is 26.7. The SMILES string of the molecule is CC1CCN(S(=O)(=O)c2ccc(C(=O)NC3CCN(C(=O)OC(C)(C)C)CC3)cc2)CC1. The van der Waals surface area contributed by atoms with Gasteiger partial charge >= 0.3 is 6.09 Å². The zero-order chi connectivity index (χ0) is 23.5. The Labute approximate surface area is 191 Å². The number of piperidine rings is 2. The highest BCUT2D eigenvalue weighted by molar-refractivity contribution is 7.89. The second kappa shape index (κ2) is 9.79. The molecule has 0 radical (unpaired) electrons. The normalized spacial score (nSPS) is 19.6. The summed E-state index contributed by atoms with van der Waals surface area (Å²) in [7, 11) is -3.53. The van der Waals surface area contributed by atoms with E-state index >= 15 is 0 Å². The van der Waals surface area contributed by atoms with E-state index in [1.807, 2.05) is 20.8 Å². The molecule has 178 valence electrons. The summed E-state index contributed by atoms with van der Waals surface area (Å²) in [6.45, 7) is 9.75. The van der Waals surface area contributed by atoms with Gasteiger partial charge in [0.1, 0.15) is 5.60 Å². The zero-order valence-electron chi connectivity index (χ0n) is 19.5. The molecule has 1 aromatic carbocycles. The van der Waals surface area contributed by atoms with E-state index in [-0.39, 0.29) is 22.9 Å². The lowest BCUT2D eigenvalue weighted by atomic mass is 10.0. The van der Waals surface area contributed by atoms with Gasteiger partial charge in [-0.2, -0.15) is 4.31 Å². The Hall–Kier alpha value is -2.13. The van der Waals surface area contributed by atoms with E-state index in [1.54, 1.807) is 17.0 Å². The standard InChI is InChI=1S/C23H35N3O5S/c1-17-9-15-26(16-10-17)32(29,30)20-7-5-18(6-8-20)21(27)24-19-11-13-25(14-12-19)22(28)31-23(2,3)4/h5-8,17,19H,9-16H2,1-4H3,(H,24,27). The van der Waals surface area contributed by atoms with E-state index in [4.69, 9.17) is 4.74 Å². The lowest BCUT2D eigenvalue weighted by molar-refractivity contribution is 0.0199. The summed E-state index contributed by atoms with van der Waals surface area (Å²) in [6, 6.07) is 6.09. The Balaban J connectivity index is 1.53. The lowest BCUT2D eigenvalue weighted by Gasteiger charge is -2.33. The maximum atomic E-state index is 12.8. The molecule has 0 saturated carbocycles. The number of sulfonamides is 1. The van der Waals surface area contributed by atoms with E-state index in [2.05, 4.69) is 12.2 Å². The molecular formula is C23H35N3O5S. The summed E-state index contributed by atoms with van der Waals surface area (Å²) in [6.07, 6.45) is 2.69. The predicted octanol–water partition coefficient (Wildman–Crippen LogP) is 3.24. The quantitative estimate of drug-likeness (QED) is 0.736. The minimum absolute atomic E-state index is 0.0417. The van der Waals surface area contributed by atoms with Crippen molar-refractivity contribution in [1.82, 2.24) is 14.5 Å². The number of carbonyl (C=O) groups is 2. The summed E-state index contributed by atoms with van der Waals surface area (Å²) in [5.41, 5.74) is -0.111. The Kier molecular flexibility index (Phi) is 7.50. The molecule has 9 heteroatoms. The van der Waals surface area contributed by atoms with Crippen molar-refractivity contribution < 1.29 is 22.7 Å². The molecule has 2 saturated heterocycles. The molecule has 3 rings (SSSR count). The van der Waals surface area contributed by atoms with Crippen molar-refractivity contribution in [2.75, 3.05) is 26.2 Å². The van der Waals surface area contributed by atoms with Gasteiger partial charge in [-0.25, -0.2) is 13.2 Å². The first-order chi connectivity index (χ1) is 15.0. The molecule has 0 aliphatic carbocycles. The van der Waals surface area contributed by atoms with E-state index < -0.39 is 15.6 Å².